The van der Waals surface area contributed by atoms with Gasteiger partial charge in [-0.1, -0.05) is 29.0 Å². The highest BCUT2D eigenvalue weighted by atomic mass is 32.1. The maximum atomic E-state index is 13.0. The molecule has 1 aromatic heterocycles. The number of hydrogen-bond donors (Lipinski definition) is 2. The third-order valence-corrected chi connectivity index (χ3v) is 7.03. The number of amides is 3. The van der Waals surface area contributed by atoms with Crippen molar-refractivity contribution in [2.24, 2.45) is 5.92 Å². The third-order valence-electron chi connectivity index (χ3n) is 6.12. The highest BCUT2D eigenvalue weighted by Crippen LogP contribution is 2.21. The predicted molar refractivity (Wildman–Crippen MR) is 126 cm³/mol. The number of nitrogens with zero attached hydrogens (tertiary/aromatic N) is 4. The first-order valence-corrected chi connectivity index (χ1v) is 12.3. The van der Waals surface area contributed by atoms with Crippen LogP contribution in [-0.2, 0) is 4.79 Å². The number of aryl methyl sites for hydroxylation is 1. The molecule has 0 saturated carbocycles. The Morgan fingerprint density at radius 2 is 1.76 bits per heavy atom. The Morgan fingerprint density at radius 3 is 2.52 bits per heavy atom. The van der Waals surface area contributed by atoms with Crippen LogP contribution >= 0.6 is 11.3 Å². The molecule has 2 fully saturated rings. The Bertz CT molecular complexity index is 986. The number of carbonyl (C=O) groups excluding carboxylic acids is 3. The molecule has 2 aromatic rings. The van der Waals surface area contributed by atoms with Crippen molar-refractivity contribution in [2.45, 2.75) is 32.6 Å². The summed E-state index contributed by atoms with van der Waals surface area (Å²) in [5.74, 6) is -0.901. The molecule has 2 saturated heterocycles. The van der Waals surface area contributed by atoms with E-state index in [0.717, 1.165) is 49.4 Å². The van der Waals surface area contributed by atoms with E-state index in [0.29, 0.717) is 25.3 Å². The molecule has 2 N–H and O–H groups in total. The van der Waals surface area contributed by atoms with Crippen molar-refractivity contribution in [1.82, 2.24) is 25.3 Å². The Hall–Kier alpha value is -2.85. The number of hydrogen-bond acceptors (Lipinski definition) is 7. The lowest BCUT2D eigenvalue weighted by molar-refractivity contribution is -0.126. The second kappa shape index (κ2) is 10.8. The summed E-state index contributed by atoms with van der Waals surface area (Å²) in [6.45, 7) is 6.62. The molecule has 9 nitrogen and oxygen atoms in total. The molecule has 176 valence electrons. The van der Waals surface area contributed by atoms with Crippen molar-refractivity contribution < 1.29 is 14.4 Å². The van der Waals surface area contributed by atoms with Crippen molar-refractivity contribution in [1.29, 1.82) is 0 Å². The SMILES string of the molecule is Cc1ccc(NC(=O)c2nnc(C(=O)N3CCC[C@H](C(=O)NCCN4CCCC4)C3)s2)cc1. The molecular formula is C23H30N6O3S. The zero-order chi connectivity index (χ0) is 23.2. The molecule has 0 radical (unpaired) electrons. The van der Waals surface area contributed by atoms with E-state index in [2.05, 4.69) is 25.7 Å². The molecule has 0 bridgehead atoms. The van der Waals surface area contributed by atoms with Crippen molar-refractivity contribution in [3.8, 4) is 0 Å². The second-order valence-corrected chi connectivity index (χ2v) is 9.64. The normalized spacial score (nSPS) is 18.8. The van der Waals surface area contributed by atoms with E-state index in [1.54, 1.807) is 4.90 Å². The van der Waals surface area contributed by atoms with Crippen LogP contribution in [0, 0.1) is 12.8 Å². The van der Waals surface area contributed by atoms with Gasteiger partial charge in [0, 0.05) is 31.9 Å². The zero-order valence-corrected chi connectivity index (χ0v) is 19.7. The van der Waals surface area contributed by atoms with Gasteiger partial charge >= 0.3 is 0 Å². The smallest absolute Gasteiger partial charge is 0.286 e. The lowest BCUT2D eigenvalue weighted by atomic mass is 9.97. The summed E-state index contributed by atoms with van der Waals surface area (Å²) in [7, 11) is 0. The van der Waals surface area contributed by atoms with Gasteiger partial charge in [-0.05, 0) is 57.8 Å². The number of benzene rings is 1. The van der Waals surface area contributed by atoms with E-state index in [9.17, 15) is 14.4 Å². The lowest BCUT2D eigenvalue weighted by Gasteiger charge is -2.31. The Kier molecular flexibility index (Phi) is 7.66. The molecule has 33 heavy (non-hydrogen) atoms. The maximum Gasteiger partial charge on any atom is 0.286 e. The molecule has 1 aromatic carbocycles. The van der Waals surface area contributed by atoms with Crippen LogP contribution in [0.2, 0.25) is 0 Å². The summed E-state index contributed by atoms with van der Waals surface area (Å²) in [4.78, 5) is 42.0. The number of nitrogens with one attached hydrogen (secondary N) is 2. The van der Waals surface area contributed by atoms with Crippen LogP contribution < -0.4 is 10.6 Å². The highest BCUT2D eigenvalue weighted by molar-refractivity contribution is 7.15. The highest BCUT2D eigenvalue weighted by Gasteiger charge is 2.31. The molecule has 4 rings (SSSR count). The van der Waals surface area contributed by atoms with Crippen molar-refractivity contribution in [3.05, 3.63) is 39.8 Å². The van der Waals surface area contributed by atoms with E-state index in [4.69, 9.17) is 0 Å². The number of anilines is 1. The fourth-order valence-electron chi connectivity index (χ4n) is 4.22. The topological polar surface area (TPSA) is 108 Å². The van der Waals surface area contributed by atoms with Gasteiger partial charge in [0.15, 0.2) is 0 Å². The summed E-state index contributed by atoms with van der Waals surface area (Å²) in [5.41, 5.74) is 1.75. The average molecular weight is 471 g/mol. The molecule has 2 aliphatic rings. The van der Waals surface area contributed by atoms with Gasteiger partial charge in [0.2, 0.25) is 15.9 Å². The van der Waals surface area contributed by atoms with Gasteiger partial charge in [-0.2, -0.15) is 0 Å². The van der Waals surface area contributed by atoms with Gasteiger partial charge in [-0.25, -0.2) is 0 Å². The number of likely N-dealkylation sites (tertiary alicyclic amines) is 2. The Labute approximate surface area is 197 Å². The van der Waals surface area contributed by atoms with E-state index in [1.165, 1.54) is 12.8 Å². The minimum Gasteiger partial charge on any atom is -0.355 e. The quantitative estimate of drug-likeness (QED) is 0.642. The van der Waals surface area contributed by atoms with Crippen molar-refractivity contribution >= 4 is 34.7 Å². The predicted octanol–water partition coefficient (Wildman–Crippen LogP) is 2.16. The maximum absolute atomic E-state index is 13.0. The first kappa shape index (κ1) is 23.3. The number of piperidine rings is 1. The first-order chi connectivity index (χ1) is 16.0. The largest absolute Gasteiger partial charge is 0.355 e. The summed E-state index contributed by atoms with van der Waals surface area (Å²) < 4.78 is 0. The van der Waals surface area contributed by atoms with Gasteiger partial charge < -0.3 is 20.4 Å². The summed E-state index contributed by atoms with van der Waals surface area (Å²) in [5, 5.41) is 13.9. The summed E-state index contributed by atoms with van der Waals surface area (Å²) in [6, 6.07) is 7.43. The van der Waals surface area contributed by atoms with Gasteiger partial charge in [-0.15, -0.1) is 10.2 Å². The molecule has 10 heteroatoms. The monoisotopic (exact) mass is 470 g/mol. The van der Waals surface area contributed by atoms with Crippen molar-refractivity contribution in [3.63, 3.8) is 0 Å². The van der Waals surface area contributed by atoms with Crippen LogP contribution in [0.4, 0.5) is 5.69 Å². The van der Waals surface area contributed by atoms with Gasteiger partial charge in [0.05, 0.1) is 5.92 Å². The Balaban J connectivity index is 1.29. The lowest BCUT2D eigenvalue weighted by Crippen LogP contribution is -2.46. The molecule has 2 aliphatic heterocycles. The van der Waals surface area contributed by atoms with Gasteiger partial charge in [0.25, 0.3) is 11.8 Å². The van der Waals surface area contributed by atoms with Crippen LogP contribution in [0.25, 0.3) is 0 Å². The van der Waals surface area contributed by atoms with Crippen LogP contribution in [0.3, 0.4) is 0 Å². The molecule has 0 unspecified atom stereocenters. The van der Waals surface area contributed by atoms with Crippen LogP contribution in [0.15, 0.2) is 24.3 Å². The minimum absolute atomic E-state index is 0.00197. The number of rotatable bonds is 7. The van der Waals surface area contributed by atoms with Crippen LogP contribution in [0.5, 0.6) is 0 Å². The summed E-state index contributed by atoms with van der Waals surface area (Å²) in [6.07, 6.45) is 3.98. The van der Waals surface area contributed by atoms with E-state index in [1.807, 2.05) is 31.2 Å². The van der Waals surface area contributed by atoms with Crippen molar-refractivity contribution in [2.75, 3.05) is 44.6 Å². The standard InChI is InChI=1S/C23H30N6O3S/c1-16-6-8-18(9-7-16)25-20(31)21-26-27-22(33-21)23(32)29-13-4-5-17(15-29)19(30)24-10-14-28-11-2-3-12-28/h6-9,17H,2-5,10-15H2,1H3,(H,24,30)(H,25,31)/t17-/m0/s1. The van der Waals surface area contributed by atoms with E-state index >= 15 is 0 Å². The molecule has 1 atom stereocenters. The second-order valence-electron chi connectivity index (χ2n) is 8.66. The summed E-state index contributed by atoms with van der Waals surface area (Å²) >= 11 is 0.971. The minimum atomic E-state index is -0.399. The molecule has 0 spiro atoms. The average Bonchev–Trinajstić information content (AvgIpc) is 3.53. The third kappa shape index (κ3) is 6.14. The Morgan fingerprint density at radius 1 is 1.03 bits per heavy atom. The first-order valence-electron chi connectivity index (χ1n) is 11.5. The molecule has 3 heterocycles. The van der Waals surface area contributed by atoms with Gasteiger partial charge in [0.1, 0.15) is 0 Å². The molecule has 3 amide bonds. The fourth-order valence-corrected chi connectivity index (χ4v) is 4.93. The molecular weight excluding hydrogens is 440 g/mol. The van der Waals surface area contributed by atoms with E-state index in [-0.39, 0.29) is 27.7 Å². The van der Waals surface area contributed by atoms with Crippen LogP contribution in [0.1, 0.15) is 50.9 Å². The fraction of sp³-hybridized carbons (Fsp3) is 0.522. The van der Waals surface area contributed by atoms with Gasteiger partial charge in [-0.3, -0.25) is 14.4 Å². The van der Waals surface area contributed by atoms with Crippen LogP contribution in [-0.4, -0.2) is 77.0 Å². The zero-order valence-electron chi connectivity index (χ0n) is 18.9. The number of carbonyl (C=O) groups is 3. The molecule has 0 aliphatic carbocycles. The number of aromatic nitrogens is 2. The van der Waals surface area contributed by atoms with E-state index < -0.39 is 5.91 Å².